The zero-order chi connectivity index (χ0) is 13.2. The van der Waals surface area contributed by atoms with E-state index in [0.717, 1.165) is 33.8 Å². The van der Waals surface area contributed by atoms with Gasteiger partial charge in [-0.3, -0.25) is 0 Å². The van der Waals surface area contributed by atoms with Crippen LogP contribution < -0.4 is 4.74 Å². The van der Waals surface area contributed by atoms with Crippen LogP contribution in [0.2, 0.25) is 5.02 Å². The SMILES string of the molecule is Cc1cc(Cl)cc(C)c1OCC1(CBr)CCCC1. The summed E-state index contributed by atoms with van der Waals surface area (Å²) in [5.74, 6) is 1.01. The first-order valence-corrected chi connectivity index (χ1v) is 8.02. The summed E-state index contributed by atoms with van der Waals surface area (Å²) in [6.07, 6.45) is 5.19. The summed E-state index contributed by atoms with van der Waals surface area (Å²) in [6, 6.07) is 3.94. The van der Waals surface area contributed by atoms with Crippen LogP contribution in [0.25, 0.3) is 0 Å². The normalized spacial score (nSPS) is 18.0. The van der Waals surface area contributed by atoms with E-state index in [-0.39, 0.29) is 0 Å². The molecule has 1 aromatic carbocycles. The van der Waals surface area contributed by atoms with Crippen LogP contribution >= 0.6 is 27.5 Å². The maximum absolute atomic E-state index is 6.11. The highest BCUT2D eigenvalue weighted by Gasteiger charge is 2.33. The number of halogens is 2. The fourth-order valence-electron chi connectivity index (χ4n) is 2.79. The molecular weight excluding hydrogens is 312 g/mol. The van der Waals surface area contributed by atoms with E-state index < -0.39 is 0 Å². The summed E-state index contributed by atoms with van der Waals surface area (Å²) in [5.41, 5.74) is 2.59. The second-order valence-electron chi connectivity index (χ2n) is 5.50. The van der Waals surface area contributed by atoms with Crippen molar-refractivity contribution < 1.29 is 4.74 Å². The fraction of sp³-hybridized carbons (Fsp3) is 0.600. The lowest BCUT2D eigenvalue weighted by Gasteiger charge is -2.27. The van der Waals surface area contributed by atoms with Crippen molar-refractivity contribution in [2.75, 3.05) is 11.9 Å². The third kappa shape index (κ3) is 3.03. The Bertz CT molecular complexity index is 401. The molecule has 1 aliphatic rings. The fourth-order valence-corrected chi connectivity index (χ4v) is 3.84. The van der Waals surface area contributed by atoms with E-state index in [4.69, 9.17) is 16.3 Å². The van der Waals surface area contributed by atoms with Gasteiger partial charge in [-0.1, -0.05) is 40.4 Å². The molecule has 0 unspecified atom stereocenters. The highest BCUT2D eigenvalue weighted by atomic mass is 79.9. The standard InChI is InChI=1S/C15H20BrClO/c1-11-7-13(17)8-12(2)14(11)18-10-15(9-16)5-3-4-6-15/h7-8H,3-6,9-10H2,1-2H3. The molecule has 0 heterocycles. The molecular formula is C15H20BrClO. The van der Waals surface area contributed by atoms with E-state index >= 15 is 0 Å². The Hall–Kier alpha value is -0.210. The molecule has 18 heavy (non-hydrogen) atoms. The molecule has 0 aliphatic heterocycles. The highest BCUT2D eigenvalue weighted by molar-refractivity contribution is 9.09. The number of aryl methyl sites for hydroxylation is 2. The van der Waals surface area contributed by atoms with Crippen LogP contribution in [0.4, 0.5) is 0 Å². The van der Waals surface area contributed by atoms with Crippen LogP contribution in [-0.2, 0) is 0 Å². The van der Waals surface area contributed by atoms with Crippen molar-refractivity contribution in [1.82, 2.24) is 0 Å². The van der Waals surface area contributed by atoms with Gasteiger partial charge in [-0.05, 0) is 49.9 Å². The molecule has 1 aromatic rings. The average molecular weight is 332 g/mol. The quantitative estimate of drug-likeness (QED) is 0.681. The van der Waals surface area contributed by atoms with Gasteiger partial charge in [0, 0.05) is 15.8 Å². The van der Waals surface area contributed by atoms with Crippen molar-refractivity contribution >= 4 is 27.5 Å². The van der Waals surface area contributed by atoms with Crippen molar-refractivity contribution in [2.24, 2.45) is 5.41 Å². The van der Waals surface area contributed by atoms with Gasteiger partial charge in [0.05, 0.1) is 6.61 Å². The Morgan fingerprint density at radius 3 is 2.28 bits per heavy atom. The molecule has 3 heteroatoms. The molecule has 0 atom stereocenters. The highest BCUT2D eigenvalue weighted by Crippen LogP contribution is 2.40. The molecule has 2 rings (SSSR count). The zero-order valence-corrected chi connectivity index (χ0v) is 13.4. The summed E-state index contributed by atoms with van der Waals surface area (Å²) in [6.45, 7) is 4.93. The molecule has 1 aliphatic carbocycles. The number of hydrogen-bond acceptors (Lipinski definition) is 1. The molecule has 0 bridgehead atoms. The average Bonchev–Trinajstić information content (AvgIpc) is 2.77. The molecule has 0 aromatic heterocycles. The maximum atomic E-state index is 6.11. The molecule has 1 saturated carbocycles. The Morgan fingerprint density at radius 1 is 1.22 bits per heavy atom. The Labute approximate surface area is 123 Å². The Balaban J connectivity index is 2.10. The van der Waals surface area contributed by atoms with E-state index in [0.29, 0.717) is 5.41 Å². The van der Waals surface area contributed by atoms with Crippen LogP contribution in [0.15, 0.2) is 12.1 Å². The monoisotopic (exact) mass is 330 g/mol. The third-order valence-corrected chi connectivity index (χ3v) is 5.30. The maximum Gasteiger partial charge on any atom is 0.125 e. The van der Waals surface area contributed by atoms with E-state index in [9.17, 15) is 0 Å². The van der Waals surface area contributed by atoms with Gasteiger partial charge >= 0.3 is 0 Å². The number of benzene rings is 1. The topological polar surface area (TPSA) is 9.23 Å². The van der Waals surface area contributed by atoms with Gasteiger partial charge in [0.1, 0.15) is 5.75 Å². The minimum atomic E-state index is 0.332. The van der Waals surface area contributed by atoms with Crippen molar-refractivity contribution in [3.63, 3.8) is 0 Å². The van der Waals surface area contributed by atoms with Crippen molar-refractivity contribution in [2.45, 2.75) is 39.5 Å². The van der Waals surface area contributed by atoms with Gasteiger partial charge < -0.3 is 4.74 Å². The van der Waals surface area contributed by atoms with Crippen LogP contribution in [-0.4, -0.2) is 11.9 Å². The summed E-state index contributed by atoms with van der Waals surface area (Å²) >= 11 is 9.70. The lowest BCUT2D eigenvalue weighted by Crippen LogP contribution is -2.27. The predicted molar refractivity (Wildman–Crippen MR) is 81.1 cm³/mol. The van der Waals surface area contributed by atoms with Gasteiger partial charge in [-0.25, -0.2) is 0 Å². The van der Waals surface area contributed by atoms with Gasteiger partial charge in [-0.15, -0.1) is 0 Å². The minimum Gasteiger partial charge on any atom is -0.492 e. The molecule has 0 N–H and O–H groups in total. The lowest BCUT2D eigenvalue weighted by molar-refractivity contribution is 0.172. The van der Waals surface area contributed by atoms with Gasteiger partial charge in [0.2, 0.25) is 0 Å². The second kappa shape index (κ2) is 5.83. The summed E-state index contributed by atoms with van der Waals surface area (Å²) < 4.78 is 6.11. The minimum absolute atomic E-state index is 0.332. The largest absolute Gasteiger partial charge is 0.492 e. The molecule has 0 radical (unpaired) electrons. The predicted octanol–water partition coefficient (Wildman–Crippen LogP) is 5.29. The van der Waals surface area contributed by atoms with Gasteiger partial charge in [0.15, 0.2) is 0 Å². The first-order chi connectivity index (χ1) is 8.56. The van der Waals surface area contributed by atoms with Crippen LogP contribution in [0.5, 0.6) is 5.75 Å². The summed E-state index contributed by atoms with van der Waals surface area (Å²) in [4.78, 5) is 0. The van der Waals surface area contributed by atoms with Crippen LogP contribution in [0.1, 0.15) is 36.8 Å². The number of ether oxygens (including phenoxy) is 1. The number of rotatable bonds is 4. The van der Waals surface area contributed by atoms with E-state index in [2.05, 4.69) is 29.8 Å². The lowest BCUT2D eigenvalue weighted by atomic mass is 9.90. The molecule has 0 amide bonds. The Morgan fingerprint density at radius 2 is 1.78 bits per heavy atom. The molecule has 1 fully saturated rings. The molecule has 100 valence electrons. The van der Waals surface area contributed by atoms with Crippen molar-refractivity contribution in [1.29, 1.82) is 0 Å². The molecule has 0 spiro atoms. The first-order valence-electron chi connectivity index (χ1n) is 6.52. The first kappa shape index (κ1) is 14.2. The molecule has 0 saturated heterocycles. The van der Waals surface area contributed by atoms with E-state index in [1.165, 1.54) is 25.7 Å². The zero-order valence-electron chi connectivity index (χ0n) is 11.1. The molecule has 1 nitrogen and oxygen atoms in total. The Kier molecular flexibility index (Phi) is 4.60. The summed E-state index contributed by atoms with van der Waals surface area (Å²) in [5, 5.41) is 1.82. The van der Waals surface area contributed by atoms with Crippen molar-refractivity contribution in [3.8, 4) is 5.75 Å². The van der Waals surface area contributed by atoms with Crippen molar-refractivity contribution in [3.05, 3.63) is 28.3 Å². The van der Waals surface area contributed by atoms with E-state index in [1.54, 1.807) is 0 Å². The second-order valence-corrected chi connectivity index (χ2v) is 6.50. The van der Waals surface area contributed by atoms with Crippen LogP contribution in [0.3, 0.4) is 0 Å². The van der Waals surface area contributed by atoms with E-state index in [1.807, 2.05) is 12.1 Å². The number of hydrogen-bond donors (Lipinski definition) is 0. The van der Waals surface area contributed by atoms with Crippen LogP contribution in [0, 0.1) is 19.3 Å². The smallest absolute Gasteiger partial charge is 0.125 e. The van der Waals surface area contributed by atoms with Gasteiger partial charge in [0.25, 0.3) is 0 Å². The third-order valence-electron chi connectivity index (χ3n) is 3.90. The van der Waals surface area contributed by atoms with Gasteiger partial charge in [-0.2, -0.15) is 0 Å². The summed E-state index contributed by atoms with van der Waals surface area (Å²) in [7, 11) is 0. The number of alkyl halides is 1.